The van der Waals surface area contributed by atoms with Crippen LogP contribution in [0.3, 0.4) is 0 Å². The molecule has 0 aliphatic heterocycles. The van der Waals surface area contributed by atoms with Gasteiger partial charge in [-0.25, -0.2) is 0 Å². The van der Waals surface area contributed by atoms with Crippen LogP contribution in [-0.2, 0) is 6.42 Å². The molecule has 0 atom stereocenters. The van der Waals surface area contributed by atoms with Crippen LogP contribution in [0, 0.1) is 6.92 Å². The number of hydrogen-bond donors (Lipinski definition) is 1. The van der Waals surface area contributed by atoms with E-state index in [1.165, 1.54) is 11.1 Å². The normalized spacial score (nSPS) is 10.6. The minimum atomic E-state index is 0.545. The number of aryl methyl sites for hydroxylation is 1. The predicted molar refractivity (Wildman–Crippen MR) is 83.3 cm³/mol. The van der Waals surface area contributed by atoms with Crippen LogP contribution in [-0.4, -0.2) is 17.2 Å². The highest BCUT2D eigenvalue weighted by Crippen LogP contribution is 2.26. The van der Waals surface area contributed by atoms with Gasteiger partial charge in [0.15, 0.2) is 5.82 Å². The third-order valence-corrected chi connectivity index (χ3v) is 3.50. The fourth-order valence-corrected chi connectivity index (χ4v) is 2.30. The van der Waals surface area contributed by atoms with E-state index < -0.39 is 0 Å². The number of rotatable bonds is 4. The van der Waals surface area contributed by atoms with Crippen molar-refractivity contribution in [3.8, 4) is 11.5 Å². The number of aromatic nitrogens is 2. The summed E-state index contributed by atoms with van der Waals surface area (Å²) in [5.74, 6) is 1.24. The summed E-state index contributed by atoms with van der Waals surface area (Å²) >= 11 is 0. The maximum Gasteiger partial charge on any atom is 0.260 e. The van der Waals surface area contributed by atoms with E-state index in [9.17, 15) is 0 Å². The van der Waals surface area contributed by atoms with Crippen LogP contribution in [0.15, 0.2) is 53.1 Å². The Labute approximate surface area is 123 Å². The quantitative estimate of drug-likeness (QED) is 0.791. The number of para-hydroxylation sites is 1. The molecule has 1 N–H and O–H groups in total. The highest BCUT2D eigenvalue weighted by atomic mass is 16.5. The van der Waals surface area contributed by atoms with E-state index in [4.69, 9.17) is 4.52 Å². The molecule has 106 valence electrons. The lowest BCUT2D eigenvalue weighted by atomic mass is 10.1. The molecule has 0 aliphatic carbocycles. The maximum absolute atomic E-state index is 5.40. The lowest BCUT2D eigenvalue weighted by Gasteiger charge is -2.03. The third kappa shape index (κ3) is 2.79. The minimum Gasteiger partial charge on any atom is -0.387 e. The van der Waals surface area contributed by atoms with Crippen LogP contribution < -0.4 is 5.32 Å². The molecule has 0 unspecified atom stereocenters. The number of nitrogens with one attached hydrogen (secondary N) is 1. The first kappa shape index (κ1) is 13.4. The van der Waals surface area contributed by atoms with Gasteiger partial charge in [0.05, 0.1) is 5.56 Å². The van der Waals surface area contributed by atoms with Crippen LogP contribution in [0.4, 0.5) is 5.69 Å². The molecule has 0 spiro atoms. The van der Waals surface area contributed by atoms with E-state index in [0.717, 1.165) is 11.3 Å². The van der Waals surface area contributed by atoms with E-state index in [-0.39, 0.29) is 0 Å². The van der Waals surface area contributed by atoms with E-state index in [1.54, 1.807) is 0 Å². The molecule has 0 saturated heterocycles. The molecule has 2 aromatic carbocycles. The van der Waals surface area contributed by atoms with Crippen LogP contribution in [0.1, 0.15) is 17.0 Å². The van der Waals surface area contributed by atoms with Gasteiger partial charge in [-0.3, -0.25) is 0 Å². The monoisotopic (exact) mass is 279 g/mol. The molecule has 3 aromatic rings. The average Bonchev–Trinajstić information content (AvgIpc) is 2.98. The molecule has 0 saturated carbocycles. The van der Waals surface area contributed by atoms with Gasteiger partial charge in [-0.05, 0) is 30.2 Å². The minimum absolute atomic E-state index is 0.545. The van der Waals surface area contributed by atoms with Gasteiger partial charge in [-0.15, -0.1) is 0 Å². The second kappa shape index (κ2) is 5.79. The third-order valence-electron chi connectivity index (χ3n) is 3.50. The van der Waals surface area contributed by atoms with Crippen molar-refractivity contribution < 1.29 is 4.52 Å². The Bertz CT molecular complexity index is 749. The van der Waals surface area contributed by atoms with Crippen molar-refractivity contribution in [1.29, 1.82) is 0 Å². The Morgan fingerprint density at radius 1 is 1.05 bits per heavy atom. The van der Waals surface area contributed by atoms with Crippen molar-refractivity contribution in [2.24, 2.45) is 0 Å². The Morgan fingerprint density at radius 2 is 1.81 bits per heavy atom. The van der Waals surface area contributed by atoms with Crippen LogP contribution >= 0.6 is 0 Å². The highest BCUT2D eigenvalue weighted by Gasteiger charge is 2.12. The summed E-state index contributed by atoms with van der Waals surface area (Å²) < 4.78 is 5.40. The molecule has 4 nitrogen and oxygen atoms in total. The Hall–Kier alpha value is -2.62. The summed E-state index contributed by atoms with van der Waals surface area (Å²) in [5.41, 5.74) is 4.35. The van der Waals surface area contributed by atoms with Crippen molar-refractivity contribution in [3.05, 3.63) is 65.5 Å². The van der Waals surface area contributed by atoms with Gasteiger partial charge < -0.3 is 9.84 Å². The van der Waals surface area contributed by atoms with Gasteiger partial charge in [0.1, 0.15) is 0 Å². The van der Waals surface area contributed by atoms with Crippen molar-refractivity contribution in [3.63, 3.8) is 0 Å². The van der Waals surface area contributed by atoms with Crippen molar-refractivity contribution in [2.45, 2.75) is 13.3 Å². The first-order chi connectivity index (χ1) is 10.3. The van der Waals surface area contributed by atoms with Crippen molar-refractivity contribution in [1.82, 2.24) is 10.1 Å². The Kier molecular flexibility index (Phi) is 3.69. The molecule has 0 amide bonds. The number of benzene rings is 2. The van der Waals surface area contributed by atoms with Gasteiger partial charge in [0, 0.05) is 19.2 Å². The predicted octanol–water partition coefficient (Wildman–Crippen LogP) is 3.68. The molecular formula is C17H17N3O. The summed E-state index contributed by atoms with van der Waals surface area (Å²) in [6.45, 7) is 2.09. The van der Waals surface area contributed by atoms with E-state index >= 15 is 0 Å². The van der Waals surface area contributed by atoms with Gasteiger partial charge >= 0.3 is 0 Å². The number of nitrogens with zero attached hydrogens (tertiary/aromatic N) is 2. The molecule has 4 heteroatoms. The molecule has 21 heavy (non-hydrogen) atoms. The van der Waals surface area contributed by atoms with E-state index in [1.807, 2.05) is 43.4 Å². The molecule has 1 aromatic heterocycles. The van der Waals surface area contributed by atoms with Crippen molar-refractivity contribution in [2.75, 3.05) is 12.4 Å². The first-order valence-electron chi connectivity index (χ1n) is 6.92. The lowest BCUT2D eigenvalue weighted by molar-refractivity contribution is 0.424. The van der Waals surface area contributed by atoms with E-state index in [0.29, 0.717) is 18.1 Å². The molecule has 3 rings (SSSR count). The van der Waals surface area contributed by atoms with E-state index in [2.05, 4.69) is 34.5 Å². The molecular weight excluding hydrogens is 262 g/mol. The zero-order valence-corrected chi connectivity index (χ0v) is 12.1. The molecule has 0 fully saturated rings. The summed E-state index contributed by atoms with van der Waals surface area (Å²) in [7, 11) is 1.88. The lowest BCUT2D eigenvalue weighted by Crippen LogP contribution is -1.94. The summed E-state index contributed by atoms with van der Waals surface area (Å²) in [6, 6.07) is 16.1. The zero-order valence-electron chi connectivity index (χ0n) is 12.1. The second-order valence-electron chi connectivity index (χ2n) is 4.91. The Balaban J connectivity index is 1.89. The summed E-state index contributed by atoms with van der Waals surface area (Å²) in [5, 5.41) is 7.22. The van der Waals surface area contributed by atoms with Crippen LogP contribution in [0.25, 0.3) is 11.5 Å². The van der Waals surface area contributed by atoms with Crippen molar-refractivity contribution >= 4 is 5.69 Å². The SMILES string of the molecule is CNc1ccccc1-c1nc(Cc2ccccc2C)no1. The molecule has 1 heterocycles. The fourth-order valence-electron chi connectivity index (χ4n) is 2.30. The largest absolute Gasteiger partial charge is 0.387 e. The summed E-state index contributed by atoms with van der Waals surface area (Å²) in [4.78, 5) is 4.51. The topological polar surface area (TPSA) is 51.0 Å². The first-order valence-corrected chi connectivity index (χ1v) is 6.92. The van der Waals surface area contributed by atoms with Crippen LogP contribution in [0.2, 0.25) is 0 Å². The smallest absolute Gasteiger partial charge is 0.260 e. The maximum atomic E-state index is 5.40. The highest BCUT2D eigenvalue weighted by molar-refractivity contribution is 5.72. The standard InChI is InChI=1S/C17H17N3O/c1-12-7-3-4-8-13(12)11-16-19-17(21-20-16)14-9-5-6-10-15(14)18-2/h3-10,18H,11H2,1-2H3. The van der Waals surface area contributed by atoms with Gasteiger partial charge in [0.25, 0.3) is 5.89 Å². The molecule has 0 radical (unpaired) electrons. The Morgan fingerprint density at radius 3 is 2.62 bits per heavy atom. The number of hydrogen-bond acceptors (Lipinski definition) is 4. The summed E-state index contributed by atoms with van der Waals surface area (Å²) in [6.07, 6.45) is 0.678. The molecule has 0 bridgehead atoms. The number of anilines is 1. The zero-order chi connectivity index (χ0) is 14.7. The second-order valence-corrected chi connectivity index (χ2v) is 4.91. The fraction of sp³-hybridized carbons (Fsp3) is 0.176. The molecule has 0 aliphatic rings. The van der Waals surface area contributed by atoms with Gasteiger partial charge in [-0.2, -0.15) is 4.98 Å². The average molecular weight is 279 g/mol. The van der Waals surface area contributed by atoms with Gasteiger partial charge in [-0.1, -0.05) is 41.6 Å². The van der Waals surface area contributed by atoms with Crippen LogP contribution in [0.5, 0.6) is 0 Å². The van der Waals surface area contributed by atoms with Gasteiger partial charge in [0.2, 0.25) is 0 Å².